The standard InChI is InChI=1S/C14H14O3S/c1-4-11-9-10(2)12-7-5-6-8-13(12)14(11)18(15,16)17-3/h4-9H,1H2,2-3H3. The van der Waals surface area contributed by atoms with Crippen molar-refractivity contribution in [2.75, 3.05) is 7.11 Å². The van der Waals surface area contributed by atoms with Crippen LogP contribution in [0.15, 0.2) is 41.8 Å². The maximum atomic E-state index is 12.0. The van der Waals surface area contributed by atoms with Gasteiger partial charge >= 0.3 is 0 Å². The second-order valence-corrected chi connectivity index (χ2v) is 5.63. The smallest absolute Gasteiger partial charge is 0.270 e. The molecule has 18 heavy (non-hydrogen) atoms. The molecule has 0 saturated carbocycles. The minimum absolute atomic E-state index is 0.182. The summed E-state index contributed by atoms with van der Waals surface area (Å²) in [7, 11) is -2.59. The van der Waals surface area contributed by atoms with Crippen LogP contribution in [0, 0.1) is 6.92 Å². The summed E-state index contributed by atoms with van der Waals surface area (Å²) in [6.45, 7) is 5.61. The number of hydrogen-bond acceptors (Lipinski definition) is 3. The highest BCUT2D eigenvalue weighted by Gasteiger charge is 2.21. The first-order chi connectivity index (χ1) is 8.51. The van der Waals surface area contributed by atoms with E-state index in [4.69, 9.17) is 0 Å². The van der Waals surface area contributed by atoms with Gasteiger partial charge in [0.2, 0.25) is 0 Å². The summed E-state index contributed by atoms with van der Waals surface area (Å²) in [6, 6.07) is 9.17. The number of benzene rings is 2. The molecule has 0 aliphatic carbocycles. The van der Waals surface area contributed by atoms with Gasteiger partial charge in [-0.1, -0.05) is 43.0 Å². The molecule has 0 bridgehead atoms. The predicted octanol–water partition coefficient (Wildman–Crippen LogP) is 3.13. The molecule has 0 saturated heterocycles. The summed E-state index contributed by atoms with van der Waals surface area (Å²) in [5.41, 5.74) is 1.57. The monoisotopic (exact) mass is 262 g/mol. The molecule has 2 aromatic rings. The van der Waals surface area contributed by atoms with E-state index in [2.05, 4.69) is 10.8 Å². The summed E-state index contributed by atoms with van der Waals surface area (Å²) < 4.78 is 28.7. The number of hydrogen-bond donors (Lipinski definition) is 0. The summed E-state index contributed by atoms with van der Waals surface area (Å²) in [6.07, 6.45) is 1.53. The van der Waals surface area contributed by atoms with E-state index in [0.717, 1.165) is 18.1 Å². The second-order valence-electron chi connectivity index (χ2n) is 3.98. The average molecular weight is 262 g/mol. The van der Waals surface area contributed by atoms with E-state index in [9.17, 15) is 8.42 Å². The Morgan fingerprint density at radius 2 is 1.83 bits per heavy atom. The van der Waals surface area contributed by atoms with Crippen LogP contribution in [0.5, 0.6) is 0 Å². The fourth-order valence-electron chi connectivity index (χ4n) is 2.07. The van der Waals surface area contributed by atoms with Gasteiger partial charge in [-0.25, -0.2) is 0 Å². The molecular weight excluding hydrogens is 248 g/mol. The molecule has 2 rings (SSSR count). The third kappa shape index (κ3) is 1.94. The molecule has 0 fully saturated rings. The lowest BCUT2D eigenvalue weighted by atomic mass is 10.0. The predicted molar refractivity (Wildman–Crippen MR) is 73.0 cm³/mol. The maximum Gasteiger partial charge on any atom is 0.297 e. The van der Waals surface area contributed by atoms with E-state index in [1.165, 1.54) is 6.08 Å². The van der Waals surface area contributed by atoms with Crippen molar-refractivity contribution in [3.8, 4) is 0 Å². The van der Waals surface area contributed by atoms with Crippen molar-refractivity contribution in [3.05, 3.63) is 48.0 Å². The summed E-state index contributed by atoms with van der Waals surface area (Å²) in [5.74, 6) is 0. The van der Waals surface area contributed by atoms with Gasteiger partial charge in [-0.15, -0.1) is 0 Å². The lowest BCUT2D eigenvalue weighted by Gasteiger charge is -2.12. The van der Waals surface area contributed by atoms with Crippen molar-refractivity contribution in [2.24, 2.45) is 0 Å². The van der Waals surface area contributed by atoms with Crippen molar-refractivity contribution >= 4 is 27.0 Å². The quantitative estimate of drug-likeness (QED) is 0.798. The minimum atomic E-state index is -3.76. The summed E-state index contributed by atoms with van der Waals surface area (Å²) in [5, 5.41) is 1.56. The Labute approximate surface area is 107 Å². The normalized spacial score (nSPS) is 11.7. The first-order valence-corrected chi connectivity index (χ1v) is 6.87. The molecule has 0 N–H and O–H groups in total. The summed E-state index contributed by atoms with van der Waals surface area (Å²) in [4.78, 5) is 0.182. The van der Waals surface area contributed by atoms with Gasteiger partial charge in [0.25, 0.3) is 10.1 Å². The molecule has 0 atom stereocenters. The largest absolute Gasteiger partial charge is 0.297 e. The van der Waals surface area contributed by atoms with Crippen LogP contribution in [0.2, 0.25) is 0 Å². The number of rotatable bonds is 3. The second kappa shape index (κ2) is 4.55. The van der Waals surface area contributed by atoms with Crippen molar-refractivity contribution in [3.63, 3.8) is 0 Å². The highest BCUT2D eigenvalue weighted by Crippen LogP contribution is 2.31. The molecule has 4 heteroatoms. The van der Waals surface area contributed by atoms with E-state index in [1.54, 1.807) is 12.1 Å². The van der Waals surface area contributed by atoms with E-state index in [-0.39, 0.29) is 4.90 Å². The van der Waals surface area contributed by atoms with Crippen molar-refractivity contribution in [1.29, 1.82) is 0 Å². The molecular formula is C14H14O3S. The number of fused-ring (bicyclic) bond motifs is 1. The molecule has 0 heterocycles. The van der Waals surface area contributed by atoms with Gasteiger partial charge in [0.05, 0.1) is 7.11 Å². The van der Waals surface area contributed by atoms with Crippen LogP contribution in [0.4, 0.5) is 0 Å². The van der Waals surface area contributed by atoms with Crippen molar-refractivity contribution in [2.45, 2.75) is 11.8 Å². The third-order valence-electron chi connectivity index (χ3n) is 2.92. The number of aryl methyl sites for hydroxylation is 1. The van der Waals surface area contributed by atoms with Gasteiger partial charge in [-0.2, -0.15) is 8.42 Å². The van der Waals surface area contributed by atoms with Gasteiger partial charge in [-0.05, 0) is 23.4 Å². The molecule has 0 aliphatic rings. The first kappa shape index (κ1) is 12.8. The molecule has 94 valence electrons. The first-order valence-electron chi connectivity index (χ1n) is 5.46. The molecule has 0 radical (unpaired) electrons. The lowest BCUT2D eigenvalue weighted by Crippen LogP contribution is -2.06. The third-order valence-corrected chi connectivity index (χ3v) is 4.31. The van der Waals surface area contributed by atoms with Crippen LogP contribution in [-0.4, -0.2) is 15.5 Å². The fourth-order valence-corrected chi connectivity index (χ4v) is 3.12. The SMILES string of the molecule is C=Cc1cc(C)c2ccccc2c1S(=O)(=O)OC. The Morgan fingerprint density at radius 1 is 1.22 bits per heavy atom. The highest BCUT2D eigenvalue weighted by atomic mass is 32.2. The maximum absolute atomic E-state index is 12.0. The van der Waals surface area contributed by atoms with Gasteiger partial charge in [-0.3, -0.25) is 4.18 Å². The van der Waals surface area contributed by atoms with E-state index in [0.29, 0.717) is 10.9 Å². The van der Waals surface area contributed by atoms with Crippen LogP contribution in [-0.2, 0) is 14.3 Å². The average Bonchev–Trinajstić information content (AvgIpc) is 2.38. The molecule has 0 aromatic heterocycles. The van der Waals surface area contributed by atoms with Crippen molar-refractivity contribution < 1.29 is 12.6 Å². The minimum Gasteiger partial charge on any atom is -0.270 e. The zero-order valence-electron chi connectivity index (χ0n) is 10.3. The highest BCUT2D eigenvalue weighted by molar-refractivity contribution is 7.87. The Bertz CT molecular complexity index is 715. The Hall–Kier alpha value is -1.65. The molecule has 0 unspecified atom stereocenters. The van der Waals surface area contributed by atoms with Gasteiger partial charge < -0.3 is 0 Å². The van der Waals surface area contributed by atoms with Crippen molar-refractivity contribution in [1.82, 2.24) is 0 Å². The van der Waals surface area contributed by atoms with Crippen LogP contribution in [0.25, 0.3) is 16.8 Å². The van der Waals surface area contributed by atoms with Gasteiger partial charge in [0.15, 0.2) is 0 Å². The summed E-state index contributed by atoms with van der Waals surface area (Å²) >= 11 is 0. The molecule has 3 nitrogen and oxygen atoms in total. The Balaban J connectivity index is 3.02. The zero-order valence-corrected chi connectivity index (χ0v) is 11.1. The van der Waals surface area contributed by atoms with Crippen LogP contribution in [0.1, 0.15) is 11.1 Å². The van der Waals surface area contributed by atoms with Crippen LogP contribution in [0.3, 0.4) is 0 Å². The van der Waals surface area contributed by atoms with E-state index >= 15 is 0 Å². The fraction of sp³-hybridized carbons (Fsp3) is 0.143. The van der Waals surface area contributed by atoms with Crippen LogP contribution < -0.4 is 0 Å². The lowest BCUT2D eigenvalue weighted by molar-refractivity contribution is 0.398. The van der Waals surface area contributed by atoms with Gasteiger partial charge in [0, 0.05) is 5.39 Å². The molecule has 0 spiro atoms. The molecule has 0 amide bonds. The van der Waals surface area contributed by atoms with E-state index < -0.39 is 10.1 Å². The molecule has 2 aromatic carbocycles. The van der Waals surface area contributed by atoms with Crippen LogP contribution >= 0.6 is 0 Å². The Morgan fingerprint density at radius 3 is 2.39 bits per heavy atom. The Kier molecular flexibility index (Phi) is 3.24. The topological polar surface area (TPSA) is 43.4 Å². The van der Waals surface area contributed by atoms with E-state index in [1.807, 2.05) is 25.1 Å². The zero-order chi connectivity index (χ0) is 13.3. The molecule has 0 aliphatic heterocycles. The van der Waals surface area contributed by atoms with Gasteiger partial charge in [0.1, 0.15) is 4.90 Å².